The predicted molar refractivity (Wildman–Crippen MR) is 103 cm³/mol. The SMILES string of the molecule is CCc1ccc(-c2c(CC(=O)O)c(C)nc3sc4c(c23)CCC4)cc1. The molecule has 2 aromatic heterocycles. The number of carboxylic acids is 1. The minimum absolute atomic E-state index is 0.0181. The van der Waals surface area contributed by atoms with Gasteiger partial charge in [0, 0.05) is 16.0 Å². The Morgan fingerprint density at radius 2 is 2.00 bits per heavy atom. The summed E-state index contributed by atoms with van der Waals surface area (Å²) in [5.41, 5.74) is 6.58. The molecule has 0 bridgehead atoms. The number of nitrogens with zero attached hydrogens (tertiary/aromatic N) is 1. The Bertz CT molecular complexity index is 970. The van der Waals surface area contributed by atoms with Crippen molar-refractivity contribution in [2.75, 3.05) is 0 Å². The molecular formula is C21H21NO2S. The van der Waals surface area contributed by atoms with Crippen molar-refractivity contribution in [1.29, 1.82) is 0 Å². The Morgan fingerprint density at radius 3 is 2.68 bits per heavy atom. The summed E-state index contributed by atoms with van der Waals surface area (Å²) in [4.78, 5) is 18.7. The lowest BCUT2D eigenvalue weighted by atomic mass is 9.91. The van der Waals surface area contributed by atoms with E-state index in [0.717, 1.165) is 46.5 Å². The van der Waals surface area contributed by atoms with E-state index < -0.39 is 5.97 Å². The van der Waals surface area contributed by atoms with Crippen molar-refractivity contribution in [1.82, 2.24) is 4.98 Å². The number of carbonyl (C=O) groups is 1. The molecule has 0 amide bonds. The van der Waals surface area contributed by atoms with Gasteiger partial charge in [-0.05, 0) is 60.4 Å². The van der Waals surface area contributed by atoms with Gasteiger partial charge in [0.05, 0.1) is 6.42 Å². The molecule has 1 N–H and O–H groups in total. The fourth-order valence-corrected chi connectivity index (χ4v) is 5.19. The number of rotatable bonds is 4. The normalized spacial score (nSPS) is 13.4. The van der Waals surface area contributed by atoms with E-state index in [2.05, 4.69) is 31.2 Å². The summed E-state index contributed by atoms with van der Waals surface area (Å²) in [6.45, 7) is 4.08. The summed E-state index contributed by atoms with van der Waals surface area (Å²) >= 11 is 1.79. The molecule has 128 valence electrons. The van der Waals surface area contributed by atoms with Crippen LogP contribution in [0.25, 0.3) is 21.3 Å². The summed E-state index contributed by atoms with van der Waals surface area (Å²) in [6.07, 6.45) is 4.41. The van der Waals surface area contributed by atoms with Crippen LogP contribution in [0.2, 0.25) is 0 Å². The number of thiophene rings is 1. The number of aromatic nitrogens is 1. The number of hydrogen-bond acceptors (Lipinski definition) is 3. The van der Waals surface area contributed by atoms with Gasteiger partial charge in [-0.3, -0.25) is 4.79 Å². The molecule has 4 rings (SSSR count). The minimum atomic E-state index is -0.803. The van der Waals surface area contributed by atoms with Gasteiger partial charge in [-0.25, -0.2) is 4.98 Å². The van der Waals surface area contributed by atoms with Crippen molar-refractivity contribution < 1.29 is 9.90 Å². The monoisotopic (exact) mass is 351 g/mol. The van der Waals surface area contributed by atoms with Crippen LogP contribution in [0, 0.1) is 6.92 Å². The van der Waals surface area contributed by atoms with E-state index in [-0.39, 0.29) is 6.42 Å². The summed E-state index contributed by atoms with van der Waals surface area (Å²) in [7, 11) is 0. The fourth-order valence-electron chi connectivity index (χ4n) is 3.87. The first-order valence-corrected chi connectivity index (χ1v) is 9.65. The molecule has 2 heterocycles. The van der Waals surface area contributed by atoms with Crippen LogP contribution in [0.15, 0.2) is 24.3 Å². The molecule has 3 aromatic rings. The van der Waals surface area contributed by atoms with E-state index in [0.29, 0.717) is 0 Å². The van der Waals surface area contributed by atoms with Crippen molar-refractivity contribution in [3.63, 3.8) is 0 Å². The largest absolute Gasteiger partial charge is 0.481 e. The molecule has 0 saturated carbocycles. The maximum Gasteiger partial charge on any atom is 0.307 e. The molecule has 25 heavy (non-hydrogen) atoms. The van der Waals surface area contributed by atoms with Gasteiger partial charge >= 0.3 is 5.97 Å². The van der Waals surface area contributed by atoms with Crippen LogP contribution in [-0.2, 0) is 30.5 Å². The zero-order valence-corrected chi connectivity index (χ0v) is 15.4. The van der Waals surface area contributed by atoms with Crippen LogP contribution in [0.1, 0.15) is 40.6 Å². The third-order valence-electron chi connectivity index (χ3n) is 5.14. The van der Waals surface area contributed by atoms with E-state index in [1.165, 1.54) is 27.8 Å². The number of benzene rings is 1. The van der Waals surface area contributed by atoms with Crippen molar-refractivity contribution in [2.24, 2.45) is 0 Å². The average molecular weight is 351 g/mol. The maximum atomic E-state index is 11.5. The molecule has 1 aromatic carbocycles. The molecule has 0 spiro atoms. The molecule has 1 aliphatic carbocycles. The van der Waals surface area contributed by atoms with Crippen molar-refractivity contribution in [3.8, 4) is 11.1 Å². The molecule has 1 aliphatic rings. The lowest BCUT2D eigenvalue weighted by molar-refractivity contribution is -0.136. The van der Waals surface area contributed by atoms with Crippen LogP contribution >= 0.6 is 11.3 Å². The Kier molecular flexibility index (Phi) is 4.08. The first-order chi connectivity index (χ1) is 12.1. The third-order valence-corrected chi connectivity index (χ3v) is 6.33. The molecule has 0 radical (unpaired) electrons. The number of hydrogen-bond donors (Lipinski definition) is 1. The maximum absolute atomic E-state index is 11.5. The number of carboxylic acid groups (broad SMARTS) is 1. The predicted octanol–water partition coefficient (Wildman–Crippen LogP) is 4.95. The third kappa shape index (κ3) is 2.74. The van der Waals surface area contributed by atoms with E-state index in [4.69, 9.17) is 4.98 Å². The second-order valence-electron chi connectivity index (χ2n) is 6.71. The van der Waals surface area contributed by atoms with Gasteiger partial charge < -0.3 is 5.11 Å². The van der Waals surface area contributed by atoms with Crippen LogP contribution in [0.5, 0.6) is 0 Å². The molecule has 0 saturated heterocycles. The standard InChI is InChI=1S/C21H21NO2S/c1-3-13-7-9-14(10-8-13)19-16(11-18(23)24)12(2)22-21-20(19)15-5-4-6-17(15)25-21/h7-10H,3-6,11H2,1-2H3,(H,23,24). The second kappa shape index (κ2) is 6.26. The van der Waals surface area contributed by atoms with Crippen molar-refractivity contribution in [3.05, 3.63) is 51.5 Å². The van der Waals surface area contributed by atoms with Gasteiger partial charge in [-0.1, -0.05) is 31.2 Å². The van der Waals surface area contributed by atoms with Gasteiger partial charge in [-0.15, -0.1) is 11.3 Å². The first-order valence-electron chi connectivity index (χ1n) is 8.83. The Labute approximate surface area is 151 Å². The van der Waals surface area contributed by atoms with E-state index >= 15 is 0 Å². The molecular weight excluding hydrogens is 330 g/mol. The van der Waals surface area contributed by atoms with Crippen LogP contribution in [0.3, 0.4) is 0 Å². The molecule has 0 unspecified atom stereocenters. The zero-order chi connectivity index (χ0) is 17.6. The lowest BCUT2D eigenvalue weighted by Gasteiger charge is -2.14. The molecule has 3 nitrogen and oxygen atoms in total. The van der Waals surface area contributed by atoms with Gasteiger partial charge in [0.2, 0.25) is 0 Å². The van der Waals surface area contributed by atoms with E-state index in [1.807, 2.05) is 6.92 Å². The van der Waals surface area contributed by atoms with Gasteiger partial charge in [0.1, 0.15) is 4.83 Å². The van der Waals surface area contributed by atoms with Crippen LogP contribution < -0.4 is 0 Å². The highest BCUT2D eigenvalue weighted by Crippen LogP contribution is 2.43. The molecule has 0 aliphatic heterocycles. The number of fused-ring (bicyclic) bond motifs is 3. The smallest absolute Gasteiger partial charge is 0.307 e. The Morgan fingerprint density at radius 1 is 1.24 bits per heavy atom. The fraction of sp³-hybridized carbons (Fsp3) is 0.333. The first kappa shape index (κ1) is 16.3. The van der Waals surface area contributed by atoms with Gasteiger partial charge in [-0.2, -0.15) is 0 Å². The van der Waals surface area contributed by atoms with Crippen molar-refractivity contribution in [2.45, 2.75) is 46.0 Å². The topological polar surface area (TPSA) is 50.2 Å². The summed E-state index contributed by atoms with van der Waals surface area (Å²) in [5, 5.41) is 10.6. The summed E-state index contributed by atoms with van der Waals surface area (Å²) in [5.74, 6) is -0.803. The highest BCUT2D eigenvalue weighted by molar-refractivity contribution is 7.19. The molecule has 0 fully saturated rings. The summed E-state index contributed by atoms with van der Waals surface area (Å²) < 4.78 is 0. The Hall–Kier alpha value is -2.20. The highest BCUT2D eigenvalue weighted by atomic mass is 32.1. The Balaban J connectivity index is 2.04. The van der Waals surface area contributed by atoms with Crippen LogP contribution in [-0.4, -0.2) is 16.1 Å². The lowest BCUT2D eigenvalue weighted by Crippen LogP contribution is -2.06. The minimum Gasteiger partial charge on any atom is -0.481 e. The highest BCUT2D eigenvalue weighted by Gasteiger charge is 2.25. The molecule has 4 heteroatoms. The average Bonchev–Trinajstić information content (AvgIpc) is 3.16. The summed E-state index contributed by atoms with van der Waals surface area (Å²) in [6, 6.07) is 8.57. The second-order valence-corrected chi connectivity index (χ2v) is 7.79. The van der Waals surface area contributed by atoms with Crippen LogP contribution in [0.4, 0.5) is 0 Å². The number of aryl methyl sites for hydroxylation is 4. The quantitative estimate of drug-likeness (QED) is 0.723. The van der Waals surface area contributed by atoms with Gasteiger partial charge in [0.25, 0.3) is 0 Å². The zero-order valence-electron chi connectivity index (χ0n) is 14.6. The van der Waals surface area contributed by atoms with E-state index in [1.54, 1.807) is 11.3 Å². The number of pyridine rings is 1. The van der Waals surface area contributed by atoms with Crippen molar-refractivity contribution >= 4 is 27.5 Å². The molecule has 0 atom stereocenters. The number of aliphatic carboxylic acids is 1. The van der Waals surface area contributed by atoms with Gasteiger partial charge in [0.15, 0.2) is 0 Å². The van der Waals surface area contributed by atoms with E-state index in [9.17, 15) is 9.90 Å².